The second-order valence-electron chi connectivity index (χ2n) is 5.53. The first-order valence-electron chi connectivity index (χ1n) is 7.46. The van der Waals surface area contributed by atoms with E-state index in [1.165, 1.54) is 24.6 Å². The quantitative estimate of drug-likeness (QED) is 0.671. The highest BCUT2D eigenvalue weighted by molar-refractivity contribution is 5.97. The molecule has 3 N–H and O–H groups in total. The predicted molar refractivity (Wildman–Crippen MR) is 82.7 cm³/mol. The van der Waals surface area contributed by atoms with Crippen LogP contribution >= 0.6 is 0 Å². The highest BCUT2D eigenvalue weighted by Crippen LogP contribution is 2.24. The Morgan fingerprint density at radius 1 is 1.26 bits per heavy atom. The minimum atomic E-state index is -0.757. The molecule has 1 amide bonds. The average Bonchev–Trinajstić information content (AvgIpc) is 3.05. The van der Waals surface area contributed by atoms with Crippen molar-refractivity contribution >= 4 is 11.7 Å². The third kappa shape index (κ3) is 3.08. The number of hydrogen-bond donors (Lipinski definition) is 2. The van der Waals surface area contributed by atoms with Crippen LogP contribution in [0.2, 0.25) is 0 Å². The summed E-state index contributed by atoms with van der Waals surface area (Å²) in [5.41, 5.74) is 6.02. The first-order valence-corrected chi connectivity index (χ1v) is 7.46. The van der Waals surface area contributed by atoms with Gasteiger partial charge in [0.05, 0.1) is 0 Å². The lowest BCUT2D eigenvalue weighted by Crippen LogP contribution is -2.35. The monoisotopic (exact) mass is 316 g/mol. The molecule has 1 aromatic heterocycles. The van der Waals surface area contributed by atoms with Crippen molar-refractivity contribution in [2.24, 2.45) is 5.73 Å². The molecule has 0 spiro atoms. The molecule has 120 valence electrons. The fourth-order valence-electron chi connectivity index (χ4n) is 2.69. The Morgan fingerprint density at radius 3 is 2.61 bits per heavy atom. The van der Waals surface area contributed by atoms with Crippen LogP contribution in [0.4, 0.5) is 4.39 Å². The van der Waals surface area contributed by atoms with Gasteiger partial charge in [0, 0.05) is 30.3 Å². The Balaban J connectivity index is 1.85. The summed E-state index contributed by atoms with van der Waals surface area (Å²) in [5.74, 6) is -1.07. The van der Waals surface area contributed by atoms with E-state index < -0.39 is 11.7 Å². The van der Waals surface area contributed by atoms with Gasteiger partial charge in [-0.15, -0.1) is 0 Å². The summed E-state index contributed by atoms with van der Waals surface area (Å²) in [7, 11) is 0. The number of amides is 1. The molecule has 0 bridgehead atoms. The van der Waals surface area contributed by atoms with Crippen molar-refractivity contribution in [3.63, 3.8) is 0 Å². The summed E-state index contributed by atoms with van der Waals surface area (Å²) in [5, 5.41) is 11.9. The molecule has 2 aromatic rings. The molecular formula is C16H17FN4O2. The first kappa shape index (κ1) is 15.2. The van der Waals surface area contributed by atoms with E-state index in [9.17, 15) is 9.18 Å². The molecule has 0 atom stereocenters. The van der Waals surface area contributed by atoms with Gasteiger partial charge < -0.3 is 15.2 Å². The van der Waals surface area contributed by atoms with Crippen LogP contribution in [0.3, 0.4) is 0 Å². The molecule has 2 heterocycles. The van der Waals surface area contributed by atoms with Gasteiger partial charge in [-0.2, -0.15) is 0 Å². The first-order chi connectivity index (χ1) is 11.1. The van der Waals surface area contributed by atoms with E-state index in [4.69, 9.17) is 15.7 Å². The number of benzene rings is 1. The zero-order valence-electron chi connectivity index (χ0n) is 12.5. The molecule has 0 aliphatic carbocycles. The highest BCUT2D eigenvalue weighted by Gasteiger charge is 2.18. The summed E-state index contributed by atoms with van der Waals surface area (Å²) in [6, 6.07) is 5.82. The van der Waals surface area contributed by atoms with Crippen LogP contribution < -0.4 is 5.73 Å². The number of nitrogens with two attached hydrogens (primary N) is 1. The van der Waals surface area contributed by atoms with Crippen molar-refractivity contribution in [1.82, 2.24) is 10.1 Å². The molecule has 6 nitrogen and oxygen atoms in total. The molecule has 3 rings (SSSR count). The Bertz CT molecular complexity index is 750. The maximum absolute atomic E-state index is 14.4. The molecule has 1 aromatic carbocycles. The summed E-state index contributed by atoms with van der Waals surface area (Å²) < 4.78 is 19.1. The van der Waals surface area contributed by atoms with Crippen LogP contribution in [-0.2, 0) is 0 Å². The minimum Gasteiger partial charge on any atom is -0.363 e. The van der Waals surface area contributed by atoms with E-state index in [2.05, 4.69) is 5.16 Å². The third-order valence-corrected chi connectivity index (χ3v) is 3.94. The van der Waals surface area contributed by atoms with Crippen molar-refractivity contribution in [2.75, 3.05) is 13.1 Å². The number of piperidine rings is 1. The maximum atomic E-state index is 14.4. The zero-order chi connectivity index (χ0) is 16.4. The normalized spacial score (nSPS) is 14.7. The largest absolute Gasteiger partial charge is 0.363 e. The van der Waals surface area contributed by atoms with E-state index in [-0.39, 0.29) is 17.0 Å². The van der Waals surface area contributed by atoms with E-state index in [0.717, 1.165) is 25.9 Å². The van der Waals surface area contributed by atoms with Crippen LogP contribution in [-0.4, -0.2) is 34.9 Å². The van der Waals surface area contributed by atoms with Crippen molar-refractivity contribution < 1.29 is 13.7 Å². The second-order valence-corrected chi connectivity index (χ2v) is 5.53. The van der Waals surface area contributed by atoms with E-state index in [1.54, 1.807) is 6.07 Å². The number of amidine groups is 1. The number of aromatic nitrogens is 1. The van der Waals surface area contributed by atoms with Gasteiger partial charge in [0.15, 0.2) is 0 Å². The lowest BCUT2D eigenvalue weighted by Gasteiger charge is -2.29. The van der Waals surface area contributed by atoms with Crippen LogP contribution in [0, 0.1) is 11.2 Å². The fraction of sp³-hybridized carbons (Fsp3) is 0.312. The SMILES string of the molecule is N=C(c1ccc(-c2cc(C(N)=O)on2)c(F)c1)N1CCCCC1. The van der Waals surface area contributed by atoms with Crippen molar-refractivity contribution in [3.05, 3.63) is 41.4 Å². The standard InChI is InChI=1S/C16H17FN4O2/c17-12-8-10(15(18)21-6-2-1-3-7-21)4-5-11(12)13-9-14(16(19)22)23-20-13/h4-5,8-9,18H,1-3,6-7H2,(H2,19,22). The maximum Gasteiger partial charge on any atom is 0.287 e. The molecular weight excluding hydrogens is 299 g/mol. The third-order valence-electron chi connectivity index (χ3n) is 3.94. The highest BCUT2D eigenvalue weighted by atomic mass is 19.1. The Morgan fingerprint density at radius 2 is 2.00 bits per heavy atom. The van der Waals surface area contributed by atoms with Crippen LogP contribution in [0.25, 0.3) is 11.3 Å². The van der Waals surface area contributed by atoms with Gasteiger partial charge in [-0.3, -0.25) is 10.2 Å². The number of halogens is 1. The van der Waals surface area contributed by atoms with Gasteiger partial charge in [0.25, 0.3) is 5.91 Å². The molecule has 1 fully saturated rings. The molecule has 0 saturated carbocycles. The van der Waals surface area contributed by atoms with Gasteiger partial charge >= 0.3 is 0 Å². The lowest BCUT2D eigenvalue weighted by atomic mass is 10.0. The lowest BCUT2D eigenvalue weighted by molar-refractivity contribution is 0.0965. The Kier molecular flexibility index (Phi) is 4.10. The van der Waals surface area contributed by atoms with E-state index in [0.29, 0.717) is 11.4 Å². The Hall–Kier alpha value is -2.70. The topological polar surface area (TPSA) is 96.2 Å². The van der Waals surface area contributed by atoms with Gasteiger partial charge in [-0.05, 0) is 31.4 Å². The number of likely N-dealkylation sites (tertiary alicyclic amines) is 1. The number of primary amides is 1. The second kappa shape index (κ2) is 6.20. The van der Waals surface area contributed by atoms with Crippen LogP contribution in [0.15, 0.2) is 28.8 Å². The zero-order valence-corrected chi connectivity index (χ0v) is 12.5. The molecule has 7 heteroatoms. The summed E-state index contributed by atoms with van der Waals surface area (Å²) in [6.45, 7) is 1.65. The van der Waals surface area contributed by atoms with Crippen molar-refractivity contribution in [2.45, 2.75) is 19.3 Å². The number of carbonyl (C=O) groups is 1. The summed E-state index contributed by atoms with van der Waals surface area (Å²) in [6.07, 6.45) is 3.28. The molecule has 1 aliphatic rings. The summed E-state index contributed by atoms with van der Waals surface area (Å²) >= 11 is 0. The minimum absolute atomic E-state index is 0.121. The molecule has 1 saturated heterocycles. The molecule has 0 radical (unpaired) electrons. The number of hydrogen-bond acceptors (Lipinski definition) is 4. The van der Waals surface area contributed by atoms with Gasteiger partial charge in [-0.25, -0.2) is 4.39 Å². The van der Waals surface area contributed by atoms with Crippen molar-refractivity contribution in [3.8, 4) is 11.3 Å². The molecule has 23 heavy (non-hydrogen) atoms. The van der Waals surface area contributed by atoms with Crippen molar-refractivity contribution in [1.29, 1.82) is 5.41 Å². The van der Waals surface area contributed by atoms with E-state index in [1.807, 2.05) is 4.90 Å². The molecule has 1 aliphatic heterocycles. The summed E-state index contributed by atoms with van der Waals surface area (Å²) in [4.78, 5) is 13.0. The Labute approximate surface area is 132 Å². The average molecular weight is 316 g/mol. The number of nitrogens with one attached hydrogen (secondary N) is 1. The van der Waals surface area contributed by atoms with E-state index >= 15 is 0 Å². The smallest absolute Gasteiger partial charge is 0.287 e. The predicted octanol–water partition coefficient (Wildman–Crippen LogP) is 2.39. The molecule has 0 unspecified atom stereocenters. The van der Waals surface area contributed by atoms with Gasteiger partial charge in [-0.1, -0.05) is 11.2 Å². The number of rotatable bonds is 3. The number of nitrogens with zero attached hydrogens (tertiary/aromatic N) is 2. The van der Waals surface area contributed by atoms with Crippen LogP contribution in [0.5, 0.6) is 0 Å². The van der Waals surface area contributed by atoms with Gasteiger partial charge in [0.1, 0.15) is 17.3 Å². The van der Waals surface area contributed by atoms with Crippen LogP contribution in [0.1, 0.15) is 35.4 Å². The number of carbonyl (C=O) groups excluding carboxylic acids is 1. The fourth-order valence-corrected chi connectivity index (χ4v) is 2.69. The van der Waals surface area contributed by atoms with Gasteiger partial charge in [0.2, 0.25) is 5.76 Å².